The second kappa shape index (κ2) is 18.8. The van der Waals surface area contributed by atoms with E-state index in [1.54, 1.807) is 0 Å². The molecule has 0 aromatic heterocycles. The van der Waals surface area contributed by atoms with Gasteiger partial charge in [-0.15, -0.1) is 0 Å². The smallest absolute Gasteiger partial charge is 0.214 e. The van der Waals surface area contributed by atoms with Crippen LogP contribution < -0.4 is 0 Å². The quantitative estimate of drug-likeness (QED) is 0.247. The number of rotatable bonds is 1. The monoisotopic (exact) mass is 414 g/mol. The van der Waals surface area contributed by atoms with Gasteiger partial charge in [-0.25, -0.2) is 48.5 Å². The first-order valence-electron chi connectivity index (χ1n) is 8.05. The van der Waals surface area contributed by atoms with E-state index >= 15 is 0 Å². The number of hydrogen-bond acceptors (Lipinski definition) is 0. The van der Waals surface area contributed by atoms with Gasteiger partial charge in [0.25, 0.3) is 0 Å². The van der Waals surface area contributed by atoms with Crippen LogP contribution >= 0.6 is 0 Å². The van der Waals surface area contributed by atoms with Gasteiger partial charge in [0.1, 0.15) is 0 Å². The molecule has 0 saturated heterocycles. The van der Waals surface area contributed by atoms with Crippen molar-refractivity contribution < 1.29 is 34.1 Å². The molecule has 2 heteroatoms. The van der Waals surface area contributed by atoms with Crippen LogP contribution in [-0.2, 0) is 40.6 Å². The Labute approximate surface area is 174 Å². The zero-order valence-electron chi connectivity index (χ0n) is 14.8. The number of hydrogen-bond donors (Lipinski definition) is 0. The van der Waals surface area contributed by atoms with E-state index < -0.39 is 0 Å². The third kappa shape index (κ3) is 15.7. The Balaban J connectivity index is 0. The molecule has 0 aliphatic rings. The zero-order valence-corrected chi connectivity index (χ0v) is 17.0. The van der Waals surface area contributed by atoms with Gasteiger partial charge in [-0.05, 0) is 0 Å². The summed E-state index contributed by atoms with van der Waals surface area (Å²) in [5, 5.41) is 0. The average molecular weight is 414 g/mol. The second-order valence-electron chi connectivity index (χ2n) is 5.03. The van der Waals surface area contributed by atoms with Gasteiger partial charge >= 0.3 is 34.1 Å². The van der Waals surface area contributed by atoms with Crippen molar-refractivity contribution in [3.8, 4) is 0 Å². The summed E-state index contributed by atoms with van der Waals surface area (Å²) in [6, 6.07) is 36.7. The second-order valence-corrected chi connectivity index (χ2v) is 5.03. The maximum Gasteiger partial charge on any atom is 2.00 e. The molecule has 25 heavy (non-hydrogen) atoms. The van der Waals surface area contributed by atoms with Crippen molar-refractivity contribution in [2.75, 3.05) is 0 Å². The minimum absolute atomic E-state index is 0. The molecular formula is C23H26Fe2. The van der Waals surface area contributed by atoms with Gasteiger partial charge in [-0.1, -0.05) is 20.3 Å². The van der Waals surface area contributed by atoms with Crippen LogP contribution in [0.4, 0.5) is 0 Å². The Morgan fingerprint density at radius 3 is 1.12 bits per heavy atom. The van der Waals surface area contributed by atoms with E-state index in [9.17, 15) is 0 Å². The summed E-state index contributed by atoms with van der Waals surface area (Å²) in [7, 11) is 0. The van der Waals surface area contributed by atoms with Crippen LogP contribution in [0.3, 0.4) is 0 Å². The molecule has 0 amide bonds. The molecule has 0 N–H and O–H groups in total. The fourth-order valence-corrected chi connectivity index (χ4v) is 1.76. The van der Waals surface area contributed by atoms with Crippen LogP contribution in [0.1, 0.15) is 18.1 Å². The molecule has 0 aliphatic heterocycles. The minimum Gasteiger partial charge on any atom is -0.214 e. The molecule has 0 saturated carbocycles. The Hall–Kier alpha value is -1.56. The van der Waals surface area contributed by atoms with E-state index in [2.05, 4.69) is 50.2 Å². The van der Waals surface area contributed by atoms with Gasteiger partial charge in [-0.3, -0.25) is 0 Å². The molecule has 0 fully saturated rings. The third-order valence-electron chi connectivity index (χ3n) is 3.08. The molecule has 0 unspecified atom stereocenters. The molecule has 134 valence electrons. The molecule has 0 nitrogen and oxygen atoms in total. The van der Waals surface area contributed by atoms with E-state index in [0.29, 0.717) is 0 Å². The topological polar surface area (TPSA) is 0 Å². The van der Waals surface area contributed by atoms with E-state index in [1.165, 1.54) is 11.1 Å². The van der Waals surface area contributed by atoms with Gasteiger partial charge < -0.3 is 0 Å². The van der Waals surface area contributed by atoms with Crippen molar-refractivity contribution in [3.63, 3.8) is 0 Å². The van der Waals surface area contributed by atoms with Crippen LogP contribution in [0.5, 0.6) is 0 Å². The molecule has 0 spiro atoms. The van der Waals surface area contributed by atoms with Gasteiger partial charge in [0, 0.05) is 0 Å². The molecular weight excluding hydrogens is 388 g/mol. The number of aryl methyl sites for hydroxylation is 2. The van der Waals surface area contributed by atoms with Gasteiger partial charge in [-0.2, -0.15) is 71.8 Å². The Bertz CT molecular complexity index is 552. The van der Waals surface area contributed by atoms with Gasteiger partial charge in [0.05, 0.1) is 0 Å². The first-order chi connectivity index (χ1) is 11.3. The van der Waals surface area contributed by atoms with Crippen LogP contribution in [-0.4, -0.2) is 0 Å². The summed E-state index contributed by atoms with van der Waals surface area (Å²) in [6.07, 6.45) is 1.16. The SMILES string of the molecule is CC[c-]1cccc1.C[c-]1cccc1.[Fe+2].[Fe+2].c1cc[cH-]c1.c1cc[cH-]c1. The van der Waals surface area contributed by atoms with Gasteiger partial charge in [0.2, 0.25) is 0 Å². The molecule has 0 radical (unpaired) electrons. The van der Waals surface area contributed by atoms with Crippen LogP contribution in [0, 0.1) is 6.92 Å². The fraction of sp³-hybridized carbons (Fsp3) is 0.130. The minimum atomic E-state index is 0. The summed E-state index contributed by atoms with van der Waals surface area (Å²) in [5.74, 6) is 0. The van der Waals surface area contributed by atoms with Gasteiger partial charge in [0.15, 0.2) is 0 Å². The maximum atomic E-state index is 2.16. The van der Waals surface area contributed by atoms with E-state index in [4.69, 9.17) is 0 Å². The summed E-state index contributed by atoms with van der Waals surface area (Å²) in [6.45, 7) is 4.25. The fourth-order valence-electron chi connectivity index (χ4n) is 1.76. The first-order valence-corrected chi connectivity index (χ1v) is 8.05. The van der Waals surface area contributed by atoms with Crippen molar-refractivity contribution in [2.24, 2.45) is 0 Å². The van der Waals surface area contributed by atoms with Crippen molar-refractivity contribution in [1.29, 1.82) is 0 Å². The first kappa shape index (κ1) is 25.7. The molecule has 4 rings (SSSR count). The van der Waals surface area contributed by atoms with Crippen LogP contribution in [0.25, 0.3) is 0 Å². The van der Waals surface area contributed by atoms with Crippen LogP contribution in [0.2, 0.25) is 0 Å². The molecule has 0 bridgehead atoms. The summed E-state index contributed by atoms with van der Waals surface area (Å²) < 4.78 is 0. The summed E-state index contributed by atoms with van der Waals surface area (Å²) >= 11 is 0. The molecule has 4 aromatic rings. The maximum absolute atomic E-state index is 2.16. The Kier molecular flexibility index (Phi) is 19.3. The summed E-state index contributed by atoms with van der Waals surface area (Å²) in [4.78, 5) is 0. The predicted molar refractivity (Wildman–Crippen MR) is 102 cm³/mol. The molecule has 0 aliphatic carbocycles. The zero-order chi connectivity index (χ0) is 16.6. The predicted octanol–water partition coefficient (Wildman–Crippen LogP) is 6.49. The van der Waals surface area contributed by atoms with Crippen molar-refractivity contribution in [3.05, 3.63) is 120 Å². The normalized spacial score (nSPS) is 7.92. The third-order valence-corrected chi connectivity index (χ3v) is 3.08. The standard InChI is InChI=1S/C7H9.C6H7.2C5H5.2Fe/c1-2-7-5-3-4-6-7;1-6-4-2-3-5-6;2*1-2-4-5-3-1;;/h3-6H,2H2,1H3;2-5H,1H3;2*1-5H;;/q4*-1;2*+2. The molecule has 0 atom stereocenters. The Morgan fingerprint density at radius 1 is 0.600 bits per heavy atom. The van der Waals surface area contributed by atoms with E-state index in [1.807, 2.05) is 72.8 Å². The molecule has 4 aromatic carbocycles. The van der Waals surface area contributed by atoms with Crippen molar-refractivity contribution in [2.45, 2.75) is 20.3 Å². The molecule has 0 heterocycles. The van der Waals surface area contributed by atoms with Crippen LogP contribution in [0.15, 0.2) is 109 Å². The Morgan fingerprint density at radius 2 is 0.960 bits per heavy atom. The van der Waals surface area contributed by atoms with Crippen molar-refractivity contribution in [1.82, 2.24) is 0 Å². The largest absolute Gasteiger partial charge is 2.00 e. The van der Waals surface area contributed by atoms with E-state index in [-0.39, 0.29) is 34.1 Å². The summed E-state index contributed by atoms with van der Waals surface area (Å²) in [5.41, 5.74) is 2.77. The van der Waals surface area contributed by atoms with Crippen molar-refractivity contribution >= 4 is 0 Å². The van der Waals surface area contributed by atoms with E-state index in [0.717, 1.165) is 6.42 Å². The average Bonchev–Trinajstić information content (AvgIpc) is 3.40.